The molecule has 0 saturated carbocycles. The van der Waals surface area contributed by atoms with Crippen molar-refractivity contribution in [2.45, 2.75) is 24.0 Å². The summed E-state index contributed by atoms with van der Waals surface area (Å²) >= 11 is 1.82. The Morgan fingerprint density at radius 3 is 2.24 bits per heavy atom. The maximum absolute atomic E-state index is 6.07. The molecule has 0 amide bonds. The SMILES string of the molecule is CC(C)Sc1ccc(-c2cnc(N)c(-c3cc(-c4ccc(N)cc4)no3)n2)cc1. The van der Waals surface area contributed by atoms with Crippen LogP contribution in [0.5, 0.6) is 0 Å². The van der Waals surface area contributed by atoms with Crippen LogP contribution in [-0.2, 0) is 0 Å². The average Bonchev–Trinajstić information content (AvgIpc) is 3.19. The maximum atomic E-state index is 6.07. The van der Waals surface area contributed by atoms with Crippen molar-refractivity contribution in [3.05, 3.63) is 60.8 Å². The zero-order chi connectivity index (χ0) is 20.4. The van der Waals surface area contributed by atoms with Crippen LogP contribution in [0.4, 0.5) is 11.5 Å². The number of rotatable bonds is 5. The van der Waals surface area contributed by atoms with Crippen molar-refractivity contribution in [2.24, 2.45) is 0 Å². The van der Waals surface area contributed by atoms with Gasteiger partial charge in [-0.05, 0) is 24.3 Å². The number of benzene rings is 2. The molecule has 0 unspecified atom stereocenters. The van der Waals surface area contributed by atoms with Gasteiger partial charge in [0.05, 0.1) is 11.9 Å². The van der Waals surface area contributed by atoms with Gasteiger partial charge in [0.15, 0.2) is 17.3 Å². The first kappa shape index (κ1) is 19.0. The minimum Gasteiger partial charge on any atom is -0.399 e. The number of hydrogen-bond acceptors (Lipinski definition) is 7. The van der Waals surface area contributed by atoms with E-state index in [1.54, 1.807) is 12.3 Å². The number of nitrogens with two attached hydrogens (primary N) is 2. The van der Waals surface area contributed by atoms with E-state index in [1.165, 1.54) is 4.90 Å². The van der Waals surface area contributed by atoms with Crippen molar-refractivity contribution in [1.82, 2.24) is 15.1 Å². The van der Waals surface area contributed by atoms with E-state index in [4.69, 9.17) is 16.0 Å². The Labute approximate surface area is 173 Å². The number of aromatic nitrogens is 3. The van der Waals surface area contributed by atoms with Crippen LogP contribution < -0.4 is 11.5 Å². The third-order valence-corrected chi connectivity index (χ3v) is 5.29. The Morgan fingerprint density at radius 1 is 0.897 bits per heavy atom. The minimum atomic E-state index is 0.292. The van der Waals surface area contributed by atoms with Gasteiger partial charge in [0.1, 0.15) is 5.69 Å². The summed E-state index contributed by atoms with van der Waals surface area (Å²) in [5.74, 6) is 0.761. The van der Waals surface area contributed by atoms with Gasteiger partial charge < -0.3 is 16.0 Å². The summed E-state index contributed by atoms with van der Waals surface area (Å²) in [5.41, 5.74) is 16.2. The summed E-state index contributed by atoms with van der Waals surface area (Å²) in [6.45, 7) is 4.35. The Morgan fingerprint density at radius 2 is 1.55 bits per heavy atom. The molecule has 146 valence electrons. The number of nitrogens with zero attached hydrogens (tertiary/aromatic N) is 3. The fourth-order valence-corrected chi connectivity index (χ4v) is 3.71. The molecule has 0 saturated heterocycles. The first-order valence-corrected chi connectivity index (χ1v) is 10.1. The molecular formula is C22H21N5OS. The molecule has 0 radical (unpaired) electrons. The monoisotopic (exact) mass is 403 g/mol. The molecule has 4 N–H and O–H groups in total. The molecule has 2 aromatic carbocycles. The highest BCUT2D eigenvalue weighted by Crippen LogP contribution is 2.31. The number of anilines is 2. The first-order chi connectivity index (χ1) is 14.0. The fourth-order valence-electron chi connectivity index (χ4n) is 2.87. The molecule has 0 fully saturated rings. The van der Waals surface area contributed by atoms with Gasteiger partial charge in [-0.2, -0.15) is 0 Å². The molecule has 2 heterocycles. The summed E-state index contributed by atoms with van der Waals surface area (Å²) < 4.78 is 5.50. The van der Waals surface area contributed by atoms with Gasteiger partial charge in [0.25, 0.3) is 0 Å². The van der Waals surface area contributed by atoms with E-state index in [0.717, 1.165) is 16.8 Å². The minimum absolute atomic E-state index is 0.292. The van der Waals surface area contributed by atoms with E-state index in [0.29, 0.717) is 33.9 Å². The van der Waals surface area contributed by atoms with Gasteiger partial charge in [-0.3, -0.25) is 0 Å². The average molecular weight is 404 g/mol. The number of hydrogen-bond donors (Lipinski definition) is 2. The Hall–Kier alpha value is -3.32. The van der Waals surface area contributed by atoms with Crippen molar-refractivity contribution in [2.75, 3.05) is 11.5 Å². The third kappa shape index (κ3) is 4.25. The van der Waals surface area contributed by atoms with Crippen LogP contribution in [0.2, 0.25) is 0 Å². The molecule has 29 heavy (non-hydrogen) atoms. The standard InChI is InChI=1S/C22H21N5OS/c1-13(2)29-17-9-5-15(6-10-17)19-12-25-22(24)21(26-19)20-11-18(27-28-20)14-3-7-16(23)8-4-14/h3-13H,23H2,1-2H3,(H2,24,25). The predicted octanol–water partition coefficient (Wildman–Crippen LogP) is 5.13. The second-order valence-electron chi connectivity index (χ2n) is 6.88. The van der Waals surface area contributed by atoms with Crippen LogP contribution in [0.3, 0.4) is 0 Å². The van der Waals surface area contributed by atoms with Gasteiger partial charge in [0, 0.05) is 33.0 Å². The van der Waals surface area contributed by atoms with Crippen molar-refractivity contribution < 1.29 is 4.52 Å². The van der Waals surface area contributed by atoms with Crippen molar-refractivity contribution in [1.29, 1.82) is 0 Å². The lowest BCUT2D eigenvalue weighted by molar-refractivity contribution is 0.434. The smallest absolute Gasteiger partial charge is 0.189 e. The fraction of sp³-hybridized carbons (Fsp3) is 0.136. The third-order valence-electron chi connectivity index (χ3n) is 4.27. The van der Waals surface area contributed by atoms with Crippen molar-refractivity contribution in [3.8, 4) is 34.0 Å². The lowest BCUT2D eigenvalue weighted by Gasteiger charge is -2.07. The number of nitrogen functional groups attached to an aromatic ring is 2. The highest BCUT2D eigenvalue weighted by Gasteiger charge is 2.15. The lowest BCUT2D eigenvalue weighted by Crippen LogP contribution is -1.98. The summed E-state index contributed by atoms with van der Waals surface area (Å²) in [6.07, 6.45) is 1.67. The summed E-state index contributed by atoms with van der Waals surface area (Å²) in [6, 6.07) is 17.5. The van der Waals surface area contributed by atoms with E-state index in [1.807, 2.05) is 48.2 Å². The number of thioether (sulfide) groups is 1. The molecule has 2 aromatic heterocycles. The zero-order valence-corrected chi connectivity index (χ0v) is 17.0. The van der Waals surface area contributed by atoms with Gasteiger partial charge >= 0.3 is 0 Å². The summed E-state index contributed by atoms with van der Waals surface area (Å²) in [5, 5.41) is 4.67. The van der Waals surface area contributed by atoms with Crippen LogP contribution in [0.15, 0.2) is 70.2 Å². The first-order valence-electron chi connectivity index (χ1n) is 9.22. The molecule has 0 atom stereocenters. The van der Waals surface area contributed by atoms with Crippen molar-refractivity contribution >= 4 is 23.3 Å². The zero-order valence-electron chi connectivity index (χ0n) is 16.2. The highest BCUT2D eigenvalue weighted by molar-refractivity contribution is 7.99. The molecule has 0 aliphatic heterocycles. The van der Waals surface area contributed by atoms with Gasteiger partial charge in [-0.25, -0.2) is 9.97 Å². The molecule has 0 bridgehead atoms. The molecule has 4 rings (SSSR count). The van der Waals surface area contributed by atoms with Gasteiger partial charge in [-0.15, -0.1) is 11.8 Å². The van der Waals surface area contributed by atoms with E-state index >= 15 is 0 Å². The second kappa shape index (κ2) is 7.97. The molecule has 0 spiro atoms. The summed E-state index contributed by atoms with van der Waals surface area (Å²) in [4.78, 5) is 10.2. The predicted molar refractivity (Wildman–Crippen MR) is 118 cm³/mol. The molecular weight excluding hydrogens is 382 g/mol. The Kier molecular flexibility index (Phi) is 5.22. The maximum Gasteiger partial charge on any atom is 0.189 e. The van der Waals surface area contributed by atoms with Crippen LogP contribution in [0.1, 0.15) is 13.8 Å². The second-order valence-corrected chi connectivity index (χ2v) is 8.53. The van der Waals surface area contributed by atoms with Crippen LogP contribution in [0, 0.1) is 0 Å². The topological polar surface area (TPSA) is 104 Å². The van der Waals surface area contributed by atoms with Crippen LogP contribution >= 0.6 is 11.8 Å². The Bertz CT molecular complexity index is 1120. The normalized spacial score (nSPS) is 11.1. The van der Waals surface area contributed by atoms with E-state index < -0.39 is 0 Å². The van der Waals surface area contributed by atoms with Crippen molar-refractivity contribution in [3.63, 3.8) is 0 Å². The molecule has 0 aliphatic rings. The summed E-state index contributed by atoms with van der Waals surface area (Å²) in [7, 11) is 0. The molecule has 6 nitrogen and oxygen atoms in total. The molecule has 7 heteroatoms. The van der Waals surface area contributed by atoms with E-state index in [9.17, 15) is 0 Å². The highest BCUT2D eigenvalue weighted by atomic mass is 32.2. The van der Waals surface area contributed by atoms with Crippen LogP contribution in [-0.4, -0.2) is 20.4 Å². The van der Waals surface area contributed by atoms with Crippen LogP contribution in [0.25, 0.3) is 34.0 Å². The van der Waals surface area contributed by atoms with Gasteiger partial charge in [-0.1, -0.05) is 43.3 Å². The van der Waals surface area contributed by atoms with E-state index in [2.05, 4.69) is 41.1 Å². The Balaban J connectivity index is 1.65. The molecule has 0 aliphatic carbocycles. The lowest BCUT2D eigenvalue weighted by atomic mass is 10.1. The van der Waals surface area contributed by atoms with E-state index in [-0.39, 0.29) is 0 Å². The largest absolute Gasteiger partial charge is 0.399 e. The molecule has 4 aromatic rings. The quantitative estimate of drug-likeness (QED) is 0.351. The van der Waals surface area contributed by atoms with Gasteiger partial charge in [0.2, 0.25) is 0 Å².